The molecule has 0 radical (unpaired) electrons. The lowest BCUT2D eigenvalue weighted by Crippen LogP contribution is -1.98. The van der Waals surface area contributed by atoms with Crippen molar-refractivity contribution in [3.05, 3.63) is 57.8 Å². The van der Waals surface area contributed by atoms with Gasteiger partial charge < -0.3 is 10.4 Å². The lowest BCUT2D eigenvalue weighted by atomic mass is 10.1. The average molecular weight is 324 g/mol. The Morgan fingerprint density at radius 3 is 2.47 bits per heavy atom. The van der Waals surface area contributed by atoms with Gasteiger partial charge in [-0.25, -0.2) is 9.18 Å². The second-order valence-electron chi connectivity index (χ2n) is 4.09. The molecule has 0 aliphatic carbocycles. The molecule has 2 N–H and O–H groups in total. The van der Waals surface area contributed by atoms with Gasteiger partial charge in [-0.3, -0.25) is 0 Å². The lowest BCUT2D eigenvalue weighted by molar-refractivity contribution is 0.0697. The predicted molar refractivity (Wildman–Crippen MR) is 75.5 cm³/mol. The van der Waals surface area contributed by atoms with Crippen molar-refractivity contribution in [1.82, 2.24) is 0 Å². The van der Waals surface area contributed by atoms with Gasteiger partial charge in [0.15, 0.2) is 0 Å². The molecule has 0 saturated heterocycles. The molecule has 2 rings (SSSR count). The van der Waals surface area contributed by atoms with Gasteiger partial charge in [-0.1, -0.05) is 0 Å². The second kappa shape index (κ2) is 5.40. The molecule has 2 aromatic carbocycles. The Morgan fingerprint density at radius 1 is 1.26 bits per heavy atom. The summed E-state index contributed by atoms with van der Waals surface area (Å²) in [4.78, 5) is 10.7. The summed E-state index contributed by atoms with van der Waals surface area (Å²) in [5.41, 5.74) is 2.44. The molecule has 0 atom stereocenters. The van der Waals surface area contributed by atoms with Crippen molar-refractivity contribution in [2.75, 3.05) is 5.32 Å². The SMILES string of the molecule is Cc1cc(Br)c(F)cc1Nc1ccc(C(=O)O)cc1. The first-order valence-electron chi connectivity index (χ1n) is 5.53. The van der Waals surface area contributed by atoms with Crippen LogP contribution in [-0.2, 0) is 0 Å². The molecule has 0 aliphatic heterocycles. The first-order valence-corrected chi connectivity index (χ1v) is 6.32. The van der Waals surface area contributed by atoms with Gasteiger partial charge in [0.05, 0.1) is 10.0 Å². The molecule has 0 unspecified atom stereocenters. The van der Waals surface area contributed by atoms with Crippen LogP contribution in [0.1, 0.15) is 15.9 Å². The Labute approximate surface area is 118 Å². The summed E-state index contributed by atoms with van der Waals surface area (Å²) in [5, 5.41) is 11.9. The molecule has 0 aromatic heterocycles. The zero-order valence-electron chi connectivity index (χ0n) is 10.1. The zero-order valence-corrected chi connectivity index (χ0v) is 11.7. The van der Waals surface area contributed by atoms with Crippen LogP contribution >= 0.6 is 15.9 Å². The van der Waals surface area contributed by atoms with Crippen molar-refractivity contribution in [1.29, 1.82) is 0 Å². The summed E-state index contributed by atoms with van der Waals surface area (Å²) in [7, 11) is 0. The predicted octanol–water partition coefficient (Wildman–Crippen LogP) is 4.34. The Morgan fingerprint density at radius 2 is 1.89 bits per heavy atom. The van der Waals surface area contributed by atoms with E-state index in [-0.39, 0.29) is 11.4 Å². The maximum atomic E-state index is 13.5. The minimum absolute atomic E-state index is 0.212. The van der Waals surface area contributed by atoms with E-state index in [1.165, 1.54) is 18.2 Å². The van der Waals surface area contributed by atoms with Crippen LogP contribution in [0.3, 0.4) is 0 Å². The zero-order chi connectivity index (χ0) is 14.0. The highest BCUT2D eigenvalue weighted by Crippen LogP contribution is 2.26. The van der Waals surface area contributed by atoms with Crippen LogP contribution < -0.4 is 5.32 Å². The summed E-state index contributed by atoms with van der Waals surface area (Å²) < 4.78 is 13.9. The van der Waals surface area contributed by atoms with Gasteiger partial charge in [0.2, 0.25) is 0 Å². The third-order valence-electron chi connectivity index (χ3n) is 2.68. The van der Waals surface area contributed by atoms with Crippen LogP contribution in [-0.4, -0.2) is 11.1 Å². The molecular formula is C14H11BrFNO2. The molecule has 0 fully saturated rings. The number of carboxylic acid groups (broad SMARTS) is 1. The maximum Gasteiger partial charge on any atom is 0.335 e. The van der Waals surface area contributed by atoms with Gasteiger partial charge in [-0.2, -0.15) is 0 Å². The maximum absolute atomic E-state index is 13.5. The van der Waals surface area contributed by atoms with Crippen molar-refractivity contribution in [2.45, 2.75) is 6.92 Å². The number of rotatable bonds is 3. The lowest BCUT2D eigenvalue weighted by Gasteiger charge is -2.10. The molecule has 0 aliphatic rings. The standard InChI is InChI=1S/C14H11BrFNO2/c1-8-6-11(15)12(16)7-13(8)17-10-4-2-9(3-5-10)14(18)19/h2-7,17H,1H3,(H,18,19). The smallest absolute Gasteiger partial charge is 0.335 e. The summed E-state index contributed by atoms with van der Waals surface area (Å²) in [5.74, 6) is -1.33. The van der Waals surface area contributed by atoms with Crippen LogP contribution in [0.25, 0.3) is 0 Å². The number of carbonyl (C=O) groups is 1. The fourth-order valence-corrected chi connectivity index (χ4v) is 2.09. The van der Waals surface area contributed by atoms with Crippen LogP contribution in [0.5, 0.6) is 0 Å². The van der Waals surface area contributed by atoms with Crippen molar-refractivity contribution in [3.63, 3.8) is 0 Å². The summed E-state index contributed by atoms with van der Waals surface area (Å²) >= 11 is 3.12. The highest BCUT2D eigenvalue weighted by Gasteiger charge is 2.06. The number of carboxylic acids is 1. The van der Waals surface area contributed by atoms with Crippen LogP contribution in [0.4, 0.5) is 15.8 Å². The summed E-state index contributed by atoms with van der Waals surface area (Å²) in [6, 6.07) is 9.35. The van der Waals surface area contributed by atoms with E-state index in [9.17, 15) is 9.18 Å². The third-order valence-corrected chi connectivity index (χ3v) is 3.29. The first kappa shape index (κ1) is 13.5. The van der Waals surface area contributed by atoms with Gasteiger partial charge in [-0.05, 0) is 64.8 Å². The number of aromatic carboxylic acids is 1. The number of hydrogen-bond donors (Lipinski definition) is 2. The minimum atomic E-state index is -0.975. The number of anilines is 2. The number of hydrogen-bond acceptors (Lipinski definition) is 2. The van der Waals surface area contributed by atoms with Gasteiger partial charge in [0.25, 0.3) is 0 Å². The number of benzene rings is 2. The topological polar surface area (TPSA) is 49.3 Å². The Kier molecular flexibility index (Phi) is 3.85. The summed E-state index contributed by atoms with van der Waals surface area (Å²) in [6.45, 7) is 1.86. The Balaban J connectivity index is 2.26. The monoisotopic (exact) mass is 323 g/mol. The fourth-order valence-electron chi connectivity index (χ4n) is 1.63. The molecule has 3 nitrogen and oxygen atoms in total. The van der Waals surface area contributed by atoms with Crippen LogP contribution in [0.15, 0.2) is 40.9 Å². The number of aryl methyl sites for hydroxylation is 1. The molecule has 5 heteroatoms. The molecule has 19 heavy (non-hydrogen) atoms. The molecule has 0 heterocycles. The molecule has 0 bridgehead atoms. The molecule has 0 spiro atoms. The van der Waals surface area contributed by atoms with Gasteiger partial charge in [0.1, 0.15) is 5.82 Å². The van der Waals surface area contributed by atoms with Crippen molar-refractivity contribution < 1.29 is 14.3 Å². The highest BCUT2D eigenvalue weighted by atomic mass is 79.9. The average Bonchev–Trinajstić information content (AvgIpc) is 2.36. The van der Waals surface area contributed by atoms with E-state index in [2.05, 4.69) is 21.2 Å². The normalized spacial score (nSPS) is 10.3. The van der Waals surface area contributed by atoms with E-state index < -0.39 is 5.97 Å². The number of halogens is 2. The highest BCUT2D eigenvalue weighted by molar-refractivity contribution is 9.10. The quantitative estimate of drug-likeness (QED) is 0.883. The fraction of sp³-hybridized carbons (Fsp3) is 0.0714. The van der Waals surface area contributed by atoms with Crippen molar-refractivity contribution >= 4 is 33.3 Å². The molecule has 2 aromatic rings. The van der Waals surface area contributed by atoms with E-state index in [0.717, 1.165) is 5.56 Å². The van der Waals surface area contributed by atoms with Gasteiger partial charge in [-0.15, -0.1) is 0 Å². The minimum Gasteiger partial charge on any atom is -0.478 e. The number of nitrogens with one attached hydrogen (secondary N) is 1. The van der Waals surface area contributed by atoms with E-state index >= 15 is 0 Å². The molecule has 98 valence electrons. The molecule has 0 saturated carbocycles. The van der Waals surface area contributed by atoms with E-state index in [0.29, 0.717) is 15.8 Å². The van der Waals surface area contributed by atoms with E-state index in [4.69, 9.17) is 5.11 Å². The largest absolute Gasteiger partial charge is 0.478 e. The van der Waals surface area contributed by atoms with Crippen molar-refractivity contribution in [2.24, 2.45) is 0 Å². The molecule has 0 amide bonds. The Hall–Kier alpha value is -1.88. The van der Waals surface area contributed by atoms with Crippen LogP contribution in [0, 0.1) is 12.7 Å². The molecular weight excluding hydrogens is 313 g/mol. The first-order chi connectivity index (χ1) is 8.97. The van der Waals surface area contributed by atoms with E-state index in [1.54, 1.807) is 18.2 Å². The van der Waals surface area contributed by atoms with Gasteiger partial charge in [0, 0.05) is 11.4 Å². The van der Waals surface area contributed by atoms with E-state index in [1.807, 2.05) is 6.92 Å². The second-order valence-corrected chi connectivity index (χ2v) is 4.94. The Bertz CT molecular complexity index is 626. The van der Waals surface area contributed by atoms with Crippen molar-refractivity contribution in [3.8, 4) is 0 Å². The third kappa shape index (κ3) is 3.12. The van der Waals surface area contributed by atoms with Crippen LogP contribution in [0.2, 0.25) is 0 Å². The summed E-state index contributed by atoms with van der Waals surface area (Å²) in [6.07, 6.45) is 0. The van der Waals surface area contributed by atoms with Gasteiger partial charge >= 0.3 is 5.97 Å².